The van der Waals surface area contributed by atoms with E-state index in [1.165, 1.54) is 70.6 Å². The zero-order valence-corrected chi connectivity index (χ0v) is 17.8. The molecule has 0 heterocycles. The van der Waals surface area contributed by atoms with Crippen molar-refractivity contribution in [3.63, 3.8) is 0 Å². The Morgan fingerprint density at radius 1 is 0.692 bits per heavy atom. The second-order valence-electron chi connectivity index (χ2n) is 8.18. The molecule has 0 fully saturated rings. The number of carbonyl (C=O) groups excluding carboxylic acids is 1. The topological polar surface area (TPSA) is 46.5 Å². The second-order valence-corrected chi connectivity index (χ2v) is 8.18. The molecular weight excluding hydrogens is 324 g/mol. The minimum atomic E-state index is -0.0533. The lowest BCUT2D eigenvalue weighted by molar-refractivity contribution is -0.143. The number of aliphatic hydroxyl groups excluding tert-OH is 1. The molecule has 0 aromatic heterocycles. The van der Waals surface area contributed by atoms with Crippen molar-refractivity contribution in [1.82, 2.24) is 0 Å². The van der Waals surface area contributed by atoms with E-state index >= 15 is 0 Å². The second kappa shape index (κ2) is 20.7. The Hall–Kier alpha value is -0.570. The van der Waals surface area contributed by atoms with Gasteiger partial charge >= 0.3 is 5.97 Å². The van der Waals surface area contributed by atoms with Crippen molar-refractivity contribution < 1.29 is 14.6 Å². The molecule has 0 atom stereocenters. The summed E-state index contributed by atoms with van der Waals surface area (Å²) in [5.74, 6) is 0.811. The molecule has 0 aliphatic rings. The molecule has 0 saturated heterocycles. The summed E-state index contributed by atoms with van der Waals surface area (Å²) in [7, 11) is 0. The average molecular weight is 371 g/mol. The van der Waals surface area contributed by atoms with Crippen LogP contribution >= 0.6 is 0 Å². The van der Waals surface area contributed by atoms with Crippen molar-refractivity contribution in [1.29, 1.82) is 0 Å². The molecule has 0 amide bonds. The number of rotatable bonds is 20. The third kappa shape index (κ3) is 21.5. The maximum Gasteiger partial charge on any atom is 0.305 e. The Morgan fingerprint density at radius 3 is 1.65 bits per heavy atom. The molecule has 0 aromatic carbocycles. The molecule has 0 aliphatic carbocycles. The standard InChI is InChI=1S/C23H46O3/c1-22(2)18-14-11-9-7-5-3-4-6-8-10-12-15-19-23(25)26-21-17-13-16-20-24/h22,24H,3-21H2,1-2H3. The Bertz CT molecular complexity index is 289. The van der Waals surface area contributed by atoms with Gasteiger partial charge in [-0.15, -0.1) is 0 Å². The fourth-order valence-corrected chi connectivity index (χ4v) is 3.24. The average Bonchev–Trinajstić information content (AvgIpc) is 2.61. The quantitative estimate of drug-likeness (QED) is 0.189. The number of aliphatic hydroxyl groups is 1. The van der Waals surface area contributed by atoms with Crippen LogP contribution in [0.1, 0.15) is 123 Å². The van der Waals surface area contributed by atoms with Crippen LogP contribution in [0.2, 0.25) is 0 Å². The molecule has 0 saturated carbocycles. The van der Waals surface area contributed by atoms with E-state index in [9.17, 15) is 4.79 Å². The van der Waals surface area contributed by atoms with Crippen LogP contribution in [0.3, 0.4) is 0 Å². The first-order valence-corrected chi connectivity index (χ1v) is 11.4. The van der Waals surface area contributed by atoms with Crippen LogP contribution in [0.25, 0.3) is 0 Å². The van der Waals surface area contributed by atoms with E-state index in [-0.39, 0.29) is 12.6 Å². The SMILES string of the molecule is CC(C)CCCCCCCCCCCCCCC(=O)OCCCCCO. The summed E-state index contributed by atoms with van der Waals surface area (Å²) in [6.45, 7) is 5.37. The highest BCUT2D eigenvalue weighted by Crippen LogP contribution is 2.14. The third-order valence-corrected chi connectivity index (χ3v) is 4.98. The first kappa shape index (κ1) is 25.4. The van der Waals surface area contributed by atoms with E-state index < -0.39 is 0 Å². The molecule has 3 heteroatoms. The van der Waals surface area contributed by atoms with Gasteiger partial charge in [0.1, 0.15) is 0 Å². The number of ether oxygens (including phenoxy) is 1. The molecule has 0 bridgehead atoms. The van der Waals surface area contributed by atoms with E-state index in [2.05, 4.69) is 13.8 Å². The molecule has 0 spiro atoms. The van der Waals surface area contributed by atoms with Crippen molar-refractivity contribution in [2.24, 2.45) is 5.92 Å². The summed E-state index contributed by atoms with van der Waals surface area (Å²) in [5, 5.41) is 8.67. The van der Waals surface area contributed by atoms with E-state index in [0.717, 1.165) is 38.0 Å². The number of unbranched alkanes of at least 4 members (excludes halogenated alkanes) is 13. The summed E-state index contributed by atoms with van der Waals surface area (Å²) in [6, 6.07) is 0. The minimum absolute atomic E-state index is 0.0533. The van der Waals surface area contributed by atoms with Gasteiger partial charge in [-0.05, 0) is 31.6 Å². The highest BCUT2D eigenvalue weighted by Gasteiger charge is 2.02. The normalized spacial score (nSPS) is 11.2. The zero-order valence-electron chi connectivity index (χ0n) is 17.8. The van der Waals surface area contributed by atoms with Crippen LogP contribution in [-0.2, 0) is 9.53 Å². The first-order valence-electron chi connectivity index (χ1n) is 11.4. The molecule has 0 aliphatic heterocycles. The van der Waals surface area contributed by atoms with Gasteiger partial charge in [0.25, 0.3) is 0 Å². The van der Waals surface area contributed by atoms with Crippen molar-refractivity contribution >= 4 is 5.97 Å². The fraction of sp³-hybridized carbons (Fsp3) is 0.957. The Labute approximate surface area is 163 Å². The molecular formula is C23H46O3. The predicted octanol–water partition coefficient (Wildman–Crippen LogP) is 6.81. The van der Waals surface area contributed by atoms with E-state index in [1.807, 2.05) is 0 Å². The van der Waals surface area contributed by atoms with Crippen molar-refractivity contribution in [2.75, 3.05) is 13.2 Å². The highest BCUT2D eigenvalue weighted by atomic mass is 16.5. The highest BCUT2D eigenvalue weighted by molar-refractivity contribution is 5.69. The van der Waals surface area contributed by atoms with Gasteiger partial charge in [-0.25, -0.2) is 0 Å². The molecule has 1 N–H and O–H groups in total. The van der Waals surface area contributed by atoms with Gasteiger partial charge in [0.05, 0.1) is 6.61 Å². The predicted molar refractivity (Wildman–Crippen MR) is 111 cm³/mol. The summed E-state index contributed by atoms with van der Waals surface area (Å²) in [6.07, 6.45) is 20.4. The minimum Gasteiger partial charge on any atom is -0.466 e. The van der Waals surface area contributed by atoms with Crippen LogP contribution in [-0.4, -0.2) is 24.3 Å². The van der Waals surface area contributed by atoms with Crippen LogP contribution in [0.15, 0.2) is 0 Å². The Balaban J connectivity index is 3.11. The van der Waals surface area contributed by atoms with Gasteiger partial charge < -0.3 is 9.84 Å². The van der Waals surface area contributed by atoms with Crippen LogP contribution < -0.4 is 0 Å². The van der Waals surface area contributed by atoms with E-state index in [0.29, 0.717) is 13.0 Å². The zero-order chi connectivity index (χ0) is 19.3. The van der Waals surface area contributed by atoms with Gasteiger partial charge in [-0.1, -0.05) is 90.9 Å². The van der Waals surface area contributed by atoms with Gasteiger partial charge in [-0.3, -0.25) is 4.79 Å². The van der Waals surface area contributed by atoms with Crippen LogP contribution in [0.4, 0.5) is 0 Å². The summed E-state index contributed by atoms with van der Waals surface area (Å²) in [5.41, 5.74) is 0. The Kier molecular flexibility index (Phi) is 20.3. The molecule has 0 rings (SSSR count). The maximum atomic E-state index is 11.5. The smallest absolute Gasteiger partial charge is 0.305 e. The third-order valence-electron chi connectivity index (χ3n) is 4.98. The molecule has 26 heavy (non-hydrogen) atoms. The number of hydrogen-bond donors (Lipinski definition) is 1. The molecule has 0 aromatic rings. The van der Waals surface area contributed by atoms with E-state index in [1.54, 1.807) is 0 Å². The largest absolute Gasteiger partial charge is 0.466 e. The van der Waals surface area contributed by atoms with Crippen LogP contribution in [0.5, 0.6) is 0 Å². The molecule has 0 radical (unpaired) electrons. The number of esters is 1. The maximum absolute atomic E-state index is 11.5. The van der Waals surface area contributed by atoms with Crippen molar-refractivity contribution in [2.45, 2.75) is 123 Å². The molecule has 0 unspecified atom stereocenters. The lowest BCUT2D eigenvalue weighted by Gasteiger charge is -2.05. The van der Waals surface area contributed by atoms with Gasteiger partial charge in [0, 0.05) is 13.0 Å². The van der Waals surface area contributed by atoms with Gasteiger partial charge in [0.15, 0.2) is 0 Å². The monoisotopic (exact) mass is 370 g/mol. The lowest BCUT2D eigenvalue weighted by atomic mass is 10.0. The number of hydrogen-bond acceptors (Lipinski definition) is 3. The van der Waals surface area contributed by atoms with Gasteiger partial charge in [-0.2, -0.15) is 0 Å². The summed E-state index contributed by atoms with van der Waals surface area (Å²) in [4.78, 5) is 11.5. The first-order chi connectivity index (χ1) is 12.7. The Morgan fingerprint density at radius 2 is 1.15 bits per heavy atom. The lowest BCUT2D eigenvalue weighted by Crippen LogP contribution is -2.05. The van der Waals surface area contributed by atoms with Gasteiger partial charge in [0.2, 0.25) is 0 Å². The van der Waals surface area contributed by atoms with Crippen LogP contribution in [0, 0.1) is 5.92 Å². The molecule has 3 nitrogen and oxygen atoms in total. The summed E-state index contributed by atoms with van der Waals surface area (Å²) >= 11 is 0. The molecule has 156 valence electrons. The van der Waals surface area contributed by atoms with Crippen molar-refractivity contribution in [3.8, 4) is 0 Å². The van der Waals surface area contributed by atoms with E-state index in [4.69, 9.17) is 9.84 Å². The summed E-state index contributed by atoms with van der Waals surface area (Å²) < 4.78 is 5.19. The number of carbonyl (C=O) groups is 1. The fourth-order valence-electron chi connectivity index (χ4n) is 3.24. The van der Waals surface area contributed by atoms with Crippen molar-refractivity contribution in [3.05, 3.63) is 0 Å².